The standard InChI is InChI=1S/C15H20N2O5S/c1-10-5-6-11(8-13(10)16-23(2,21)22)14(18)17-7-3-4-12(9-17)15(19)20/h5-6,8,12,16H,3-4,7,9H2,1-2H3,(H,19,20)/t12-/m1/s1. The number of nitrogens with one attached hydrogen (secondary N) is 1. The fourth-order valence-electron chi connectivity index (χ4n) is 2.61. The number of amides is 1. The van der Waals surface area contributed by atoms with Gasteiger partial charge in [-0.15, -0.1) is 0 Å². The first-order valence-corrected chi connectivity index (χ1v) is 9.17. The number of likely N-dealkylation sites (tertiary alicyclic amines) is 1. The van der Waals surface area contributed by atoms with Gasteiger partial charge >= 0.3 is 5.97 Å². The van der Waals surface area contributed by atoms with E-state index in [4.69, 9.17) is 5.11 Å². The number of carbonyl (C=O) groups is 2. The molecule has 1 atom stereocenters. The second-order valence-electron chi connectivity index (χ2n) is 5.83. The Hall–Kier alpha value is -2.09. The smallest absolute Gasteiger partial charge is 0.308 e. The van der Waals surface area contributed by atoms with Crippen LogP contribution in [0.25, 0.3) is 0 Å². The van der Waals surface area contributed by atoms with E-state index in [-0.39, 0.29) is 12.5 Å². The second-order valence-corrected chi connectivity index (χ2v) is 7.58. The van der Waals surface area contributed by atoms with Crippen LogP contribution in [0.5, 0.6) is 0 Å². The normalized spacial score (nSPS) is 18.5. The van der Waals surface area contributed by atoms with E-state index in [0.29, 0.717) is 36.2 Å². The van der Waals surface area contributed by atoms with Crippen LogP contribution in [0.4, 0.5) is 5.69 Å². The lowest BCUT2D eigenvalue weighted by Gasteiger charge is -2.31. The maximum atomic E-state index is 12.6. The van der Waals surface area contributed by atoms with Gasteiger partial charge in [-0.2, -0.15) is 0 Å². The number of hydrogen-bond acceptors (Lipinski definition) is 4. The minimum absolute atomic E-state index is 0.177. The zero-order valence-electron chi connectivity index (χ0n) is 13.1. The van der Waals surface area contributed by atoms with E-state index < -0.39 is 21.9 Å². The summed E-state index contributed by atoms with van der Waals surface area (Å²) in [5.41, 5.74) is 1.40. The van der Waals surface area contributed by atoms with E-state index in [1.54, 1.807) is 19.1 Å². The van der Waals surface area contributed by atoms with Gasteiger partial charge in [-0.1, -0.05) is 6.07 Å². The maximum Gasteiger partial charge on any atom is 0.308 e. The molecule has 1 fully saturated rings. The van der Waals surface area contributed by atoms with E-state index in [0.717, 1.165) is 6.26 Å². The molecule has 126 valence electrons. The number of hydrogen-bond donors (Lipinski definition) is 2. The summed E-state index contributed by atoms with van der Waals surface area (Å²) in [7, 11) is -3.44. The fourth-order valence-corrected chi connectivity index (χ4v) is 3.23. The van der Waals surface area contributed by atoms with Crippen molar-refractivity contribution in [3.8, 4) is 0 Å². The third-order valence-corrected chi connectivity index (χ3v) is 4.43. The lowest BCUT2D eigenvalue weighted by Crippen LogP contribution is -2.42. The summed E-state index contributed by atoms with van der Waals surface area (Å²) in [4.78, 5) is 25.2. The van der Waals surface area contributed by atoms with Crippen molar-refractivity contribution in [3.05, 3.63) is 29.3 Å². The van der Waals surface area contributed by atoms with Crippen LogP contribution in [0, 0.1) is 12.8 Å². The summed E-state index contributed by atoms with van der Waals surface area (Å²) in [6.07, 6.45) is 2.25. The number of aliphatic carboxylic acids is 1. The molecule has 2 rings (SSSR count). The largest absolute Gasteiger partial charge is 0.481 e. The highest BCUT2D eigenvalue weighted by atomic mass is 32.2. The Kier molecular flexibility index (Phi) is 4.93. The van der Waals surface area contributed by atoms with Gasteiger partial charge in [0.1, 0.15) is 0 Å². The van der Waals surface area contributed by atoms with Gasteiger partial charge in [0.05, 0.1) is 17.9 Å². The molecule has 1 amide bonds. The molecule has 8 heteroatoms. The van der Waals surface area contributed by atoms with Crippen LogP contribution < -0.4 is 4.72 Å². The Bertz CT molecular complexity index is 729. The number of benzene rings is 1. The molecule has 1 aromatic carbocycles. The SMILES string of the molecule is Cc1ccc(C(=O)N2CCC[C@@H](C(=O)O)C2)cc1NS(C)(=O)=O. The Balaban J connectivity index is 2.22. The molecule has 1 heterocycles. The zero-order chi connectivity index (χ0) is 17.2. The first kappa shape index (κ1) is 17.3. The van der Waals surface area contributed by atoms with Crippen molar-refractivity contribution < 1.29 is 23.1 Å². The lowest BCUT2D eigenvalue weighted by atomic mass is 9.97. The van der Waals surface area contributed by atoms with Crippen LogP contribution in [0.3, 0.4) is 0 Å². The molecule has 0 radical (unpaired) electrons. The van der Waals surface area contributed by atoms with E-state index >= 15 is 0 Å². The third kappa shape index (κ3) is 4.44. The number of rotatable bonds is 4. The molecule has 23 heavy (non-hydrogen) atoms. The summed E-state index contributed by atoms with van der Waals surface area (Å²) < 4.78 is 25.1. The summed E-state index contributed by atoms with van der Waals surface area (Å²) in [5, 5.41) is 9.10. The first-order valence-electron chi connectivity index (χ1n) is 7.28. The fraction of sp³-hybridized carbons (Fsp3) is 0.467. The quantitative estimate of drug-likeness (QED) is 0.860. The zero-order valence-corrected chi connectivity index (χ0v) is 13.9. The van der Waals surface area contributed by atoms with Gasteiger partial charge in [0.25, 0.3) is 5.91 Å². The van der Waals surface area contributed by atoms with Gasteiger partial charge in [0.15, 0.2) is 0 Å². The van der Waals surface area contributed by atoms with Gasteiger partial charge in [0.2, 0.25) is 10.0 Å². The molecule has 1 aliphatic heterocycles. The molecule has 0 saturated carbocycles. The average Bonchev–Trinajstić information content (AvgIpc) is 2.47. The van der Waals surface area contributed by atoms with Crippen molar-refractivity contribution >= 4 is 27.6 Å². The van der Waals surface area contributed by atoms with E-state index in [9.17, 15) is 18.0 Å². The van der Waals surface area contributed by atoms with Gasteiger partial charge in [-0.25, -0.2) is 8.42 Å². The number of carboxylic acid groups (broad SMARTS) is 1. The Morgan fingerprint density at radius 3 is 2.65 bits per heavy atom. The number of aryl methyl sites for hydroxylation is 1. The van der Waals surface area contributed by atoms with Gasteiger partial charge in [0, 0.05) is 18.7 Å². The molecule has 0 unspecified atom stereocenters. The van der Waals surface area contributed by atoms with E-state index in [1.807, 2.05) is 0 Å². The summed E-state index contributed by atoms with van der Waals surface area (Å²) >= 11 is 0. The minimum atomic E-state index is -3.44. The molecule has 0 bridgehead atoms. The molecular formula is C15H20N2O5S. The molecule has 0 aromatic heterocycles. The number of carboxylic acids is 1. The molecule has 1 aliphatic rings. The lowest BCUT2D eigenvalue weighted by molar-refractivity contribution is -0.143. The first-order chi connectivity index (χ1) is 10.7. The number of sulfonamides is 1. The predicted molar refractivity (Wildman–Crippen MR) is 85.9 cm³/mol. The van der Waals surface area contributed by atoms with Crippen LogP contribution >= 0.6 is 0 Å². The molecule has 2 N–H and O–H groups in total. The molecule has 1 aromatic rings. The van der Waals surface area contributed by atoms with E-state index in [1.165, 1.54) is 11.0 Å². The van der Waals surface area contributed by atoms with Gasteiger partial charge in [-0.3, -0.25) is 14.3 Å². The van der Waals surface area contributed by atoms with Crippen molar-refractivity contribution in [2.45, 2.75) is 19.8 Å². The molecule has 7 nitrogen and oxygen atoms in total. The topological polar surface area (TPSA) is 104 Å². The number of nitrogens with zero attached hydrogens (tertiary/aromatic N) is 1. The van der Waals surface area contributed by atoms with Crippen LogP contribution in [-0.2, 0) is 14.8 Å². The molecule has 0 aliphatic carbocycles. The third-order valence-electron chi connectivity index (χ3n) is 3.84. The number of piperidine rings is 1. The maximum absolute atomic E-state index is 12.6. The summed E-state index contributed by atoms with van der Waals surface area (Å²) in [5.74, 6) is -1.73. The average molecular weight is 340 g/mol. The van der Waals surface area contributed by atoms with Gasteiger partial charge < -0.3 is 10.0 Å². The number of anilines is 1. The minimum Gasteiger partial charge on any atom is -0.481 e. The highest BCUT2D eigenvalue weighted by molar-refractivity contribution is 7.92. The summed E-state index contributed by atoms with van der Waals surface area (Å²) in [6.45, 7) is 2.42. The van der Waals surface area contributed by atoms with Crippen molar-refractivity contribution in [3.63, 3.8) is 0 Å². The summed E-state index contributed by atoms with van der Waals surface area (Å²) in [6, 6.07) is 4.78. The van der Waals surface area contributed by atoms with Crippen LogP contribution in [0.2, 0.25) is 0 Å². The van der Waals surface area contributed by atoms with Crippen LogP contribution in [0.15, 0.2) is 18.2 Å². The molecule has 1 saturated heterocycles. The van der Waals surface area contributed by atoms with Crippen LogP contribution in [0.1, 0.15) is 28.8 Å². The van der Waals surface area contributed by atoms with Crippen LogP contribution in [-0.4, -0.2) is 49.6 Å². The number of carbonyl (C=O) groups excluding carboxylic acids is 1. The monoisotopic (exact) mass is 340 g/mol. The molecule has 0 spiro atoms. The highest BCUT2D eigenvalue weighted by Crippen LogP contribution is 2.22. The Labute approximate surface area is 135 Å². The van der Waals surface area contributed by atoms with Crippen molar-refractivity contribution in [2.75, 3.05) is 24.1 Å². The Morgan fingerprint density at radius 2 is 2.04 bits per heavy atom. The second kappa shape index (κ2) is 6.57. The predicted octanol–water partition coefficient (Wildman–Crippen LogP) is 1.30. The van der Waals surface area contributed by atoms with Crippen molar-refractivity contribution in [2.24, 2.45) is 5.92 Å². The molecular weight excluding hydrogens is 320 g/mol. The highest BCUT2D eigenvalue weighted by Gasteiger charge is 2.28. The van der Waals surface area contributed by atoms with Gasteiger partial charge in [-0.05, 0) is 37.5 Å². The Morgan fingerprint density at radius 1 is 1.35 bits per heavy atom. The van der Waals surface area contributed by atoms with Crippen molar-refractivity contribution in [1.82, 2.24) is 4.90 Å². The van der Waals surface area contributed by atoms with Crippen molar-refractivity contribution in [1.29, 1.82) is 0 Å². The van der Waals surface area contributed by atoms with E-state index in [2.05, 4.69) is 4.72 Å².